The second-order valence-electron chi connectivity index (χ2n) is 4.44. The van der Waals surface area contributed by atoms with Crippen molar-refractivity contribution in [2.45, 2.75) is 6.42 Å². The largest absolute Gasteiger partial charge is 0.357 e. The van der Waals surface area contributed by atoms with E-state index in [1.807, 2.05) is 4.90 Å². The first-order valence-electron chi connectivity index (χ1n) is 5.33. The lowest BCUT2D eigenvalue weighted by Gasteiger charge is -2.48. The van der Waals surface area contributed by atoms with Gasteiger partial charge >= 0.3 is 0 Å². The van der Waals surface area contributed by atoms with E-state index in [4.69, 9.17) is 0 Å². The van der Waals surface area contributed by atoms with Gasteiger partial charge in [0.2, 0.25) is 0 Å². The van der Waals surface area contributed by atoms with Crippen molar-refractivity contribution in [2.75, 3.05) is 52.4 Å². The molecule has 3 heterocycles. The quantitative estimate of drug-likeness (QED) is 0.436. The Bertz CT molecular complexity index is 136. The van der Waals surface area contributed by atoms with E-state index in [1.54, 1.807) is 0 Å². The first kappa shape index (κ1) is 8.48. The Kier molecular flexibility index (Phi) is 2.35. The highest BCUT2D eigenvalue weighted by Gasteiger charge is 2.40. The van der Waals surface area contributed by atoms with Crippen molar-refractivity contribution in [3.8, 4) is 0 Å². The molecule has 3 aliphatic heterocycles. The van der Waals surface area contributed by atoms with E-state index in [2.05, 4.69) is 5.73 Å². The summed E-state index contributed by atoms with van der Waals surface area (Å²) >= 11 is 0. The van der Waals surface area contributed by atoms with E-state index in [0.717, 1.165) is 6.54 Å². The molecule has 3 heteroatoms. The third-order valence-electron chi connectivity index (χ3n) is 3.70. The average molecular weight is 172 g/mol. The zero-order valence-corrected chi connectivity index (χ0v) is 8.02. The highest BCUT2D eigenvalue weighted by molar-refractivity contribution is 4.55. The Morgan fingerprint density at radius 3 is 2.17 bits per heavy atom. The van der Waals surface area contributed by atoms with Crippen LogP contribution in [0.25, 0.3) is 0 Å². The van der Waals surface area contributed by atoms with Gasteiger partial charge in [-0.05, 0) is 0 Å². The first-order valence-corrected chi connectivity index (χ1v) is 5.33. The van der Waals surface area contributed by atoms with Gasteiger partial charge in [0.15, 0.2) is 0 Å². The molecule has 0 amide bonds. The molecule has 0 unspecified atom stereocenters. The van der Waals surface area contributed by atoms with Crippen LogP contribution >= 0.6 is 0 Å². The van der Waals surface area contributed by atoms with Crippen molar-refractivity contribution in [2.24, 2.45) is 0 Å². The van der Waals surface area contributed by atoms with Gasteiger partial charge in [0.25, 0.3) is 0 Å². The maximum atomic E-state index is 3.93. The monoisotopic (exact) mass is 172 g/mol. The summed E-state index contributed by atoms with van der Waals surface area (Å²) in [5.74, 6) is 0. The number of hydrogen-bond donors (Lipinski definition) is 2. The molecule has 3 rings (SSSR count). The number of nitrogens with zero attached hydrogens (tertiary/aromatic N) is 1. The molecule has 0 radical (unpaired) electrons. The summed E-state index contributed by atoms with van der Waals surface area (Å²) in [7, 11) is 0. The maximum absolute atomic E-state index is 3.93. The zero-order chi connectivity index (χ0) is 8.44. The molecule has 3 fully saturated rings. The SMILES string of the molecule is [NH3+]CCC[N+]12CC[NH+](CC1)CC2. The van der Waals surface area contributed by atoms with Crippen LogP contribution in [0, 0.1) is 0 Å². The molecule has 12 heavy (non-hydrogen) atoms. The average Bonchev–Trinajstić information content (AvgIpc) is 2.18. The molecule has 0 aromatic rings. The standard InChI is InChI=1S/C9H20N3/c10-2-1-6-12-7-3-11(4-8-12)5-9-12/h1-10H2/q+1/p+2. The molecule has 3 nitrogen and oxygen atoms in total. The van der Waals surface area contributed by atoms with Crippen molar-refractivity contribution >= 4 is 0 Å². The van der Waals surface area contributed by atoms with Gasteiger partial charge in [-0.3, -0.25) is 0 Å². The van der Waals surface area contributed by atoms with Crippen LogP contribution in [-0.2, 0) is 0 Å². The smallest absolute Gasteiger partial charge is 0.129 e. The summed E-state index contributed by atoms with van der Waals surface area (Å²) in [4.78, 5) is 1.85. The third kappa shape index (κ3) is 1.49. The molecule has 4 N–H and O–H groups in total. The second-order valence-corrected chi connectivity index (χ2v) is 4.44. The Labute approximate surface area is 74.7 Å². The lowest BCUT2D eigenvalue weighted by molar-refractivity contribution is -1.07. The minimum Gasteiger partial charge on any atom is -0.357 e. The lowest BCUT2D eigenvalue weighted by Crippen LogP contribution is -3.19. The summed E-state index contributed by atoms with van der Waals surface area (Å²) in [6.45, 7) is 11.1. The van der Waals surface area contributed by atoms with Gasteiger partial charge in [0, 0.05) is 6.42 Å². The van der Waals surface area contributed by atoms with Gasteiger partial charge in [0.1, 0.15) is 39.3 Å². The molecule has 0 spiro atoms. The van der Waals surface area contributed by atoms with Crippen molar-refractivity contribution < 1.29 is 15.1 Å². The highest BCUT2D eigenvalue weighted by atomic mass is 15.4. The van der Waals surface area contributed by atoms with Gasteiger partial charge in [0.05, 0.1) is 13.1 Å². The van der Waals surface area contributed by atoms with Crippen molar-refractivity contribution in [1.29, 1.82) is 0 Å². The van der Waals surface area contributed by atoms with E-state index in [0.29, 0.717) is 0 Å². The lowest BCUT2D eigenvalue weighted by atomic mass is 10.1. The van der Waals surface area contributed by atoms with Crippen molar-refractivity contribution in [3.05, 3.63) is 0 Å². The second kappa shape index (κ2) is 3.32. The van der Waals surface area contributed by atoms with Gasteiger partial charge < -0.3 is 15.1 Å². The number of rotatable bonds is 3. The highest BCUT2D eigenvalue weighted by Crippen LogP contribution is 2.10. The zero-order valence-electron chi connectivity index (χ0n) is 8.02. The Morgan fingerprint density at radius 2 is 1.67 bits per heavy atom. The summed E-state index contributed by atoms with van der Waals surface area (Å²) < 4.78 is 1.43. The molecule has 3 saturated heterocycles. The molecule has 0 aromatic heterocycles. The first-order chi connectivity index (χ1) is 5.85. The van der Waals surface area contributed by atoms with Gasteiger partial charge in [-0.2, -0.15) is 0 Å². The predicted molar refractivity (Wildman–Crippen MR) is 47.7 cm³/mol. The number of quaternary nitrogens is 3. The minimum absolute atomic E-state index is 1.12. The van der Waals surface area contributed by atoms with Gasteiger partial charge in [-0.15, -0.1) is 0 Å². The molecule has 0 saturated carbocycles. The van der Waals surface area contributed by atoms with Crippen molar-refractivity contribution in [3.63, 3.8) is 0 Å². The Hall–Kier alpha value is -0.120. The van der Waals surface area contributed by atoms with Crippen LogP contribution in [-0.4, -0.2) is 56.8 Å². The van der Waals surface area contributed by atoms with Crippen molar-refractivity contribution in [1.82, 2.24) is 0 Å². The third-order valence-corrected chi connectivity index (χ3v) is 3.70. The number of fused-ring (bicyclic) bond motifs is 3. The van der Waals surface area contributed by atoms with Crippen LogP contribution in [0.5, 0.6) is 0 Å². The Balaban J connectivity index is 1.90. The predicted octanol–water partition coefficient (Wildman–Crippen LogP) is -2.65. The van der Waals surface area contributed by atoms with Crippen LogP contribution < -0.4 is 10.6 Å². The molecule has 70 valence electrons. The van der Waals surface area contributed by atoms with E-state index in [-0.39, 0.29) is 0 Å². The molecule has 2 bridgehead atoms. The molecular weight excluding hydrogens is 150 g/mol. The fraction of sp³-hybridized carbons (Fsp3) is 1.00. The number of piperazine rings is 3. The Morgan fingerprint density at radius 1 is 1.08 bits per heavy atom. The van der Waals surface area contributed by atoms with Gasteiger partial charge in [-0.25, -0.2) is 0 Å². The van der Waals surface area contributed by atoms with Crippen LogP contribution in [0.4, 0.5) is 0 Å². The number of hydrogen-bond acceptors (Lipinski definition) is 0. The van der Waals surface area contributed by atoms with Crippen LogP contribution in [0.3, 0.4) is 0 Å². The minimum atomic E-state index is 1.12. The normalized spacial score (nSPS) is 40.2. The van der Waals surface area contributed by atoms with Crippen LogP contribution in [0.2, 0.25) is 0 Å². The van der Waals surface area contributed by atoms with E-state index < -0.39 is 0 Å². The van der Waals surface area contributed by atoms with Gasteiger partial charge in [-0.1, -0.05) is 0 Å². The maximum Gasteiger partial charge on any atom is 0.129 e. The fourth-order valence-corrected chi connectivity index (χ4v) is 2.68. The van der Waals surface area contributed by atoms with E-state index in [9.17, 15) is 0 Å². The molecular formula is C9H22N3+3. The molecule has 3 aliphatic rings. The topological polar surface area (TPSA) is 32.1 Å². The summed E-state index contributed by atoms with van der Waals surface area (Å²) in [5.41, 5.74) is 3.93. The fourth-order valence-electron chi connectivity index (χ4n) is 2.68. The van der Waals surface area contributed by atoms with E-state index in [1.165, 1.54) is 56.7 Å². The van der Waals surface area contributed by atoms with E-state index >= 15 is 0 Å². The molecule has 0 aromatic carbocycles. The van der Waals surface area contributed by atoms with Crippen LogP contribution in [0.15, 0.2) is 0 Å². The molecule has 0 aliphatic carbocycles. The molecule has 0 atom stereocenters. The number of nitrogens with one attached hydrogen (secondary N) is 1. The summed E-state index contributed by atoms with van der Waals surface area (Å²) in [6, 6.07) is 0. The summed E-state index contributed by atoms with van der Waals surface area (Å²) in [6.07, 6.45) is 1.33. The summed E-state index contributed by atoms with van der Waals surface area (Å²) in [5, 5.41) is 0. The van der Waals surface area contributed by atoms with Crippen LogP contribution in [0.1, 0.15) is 6.42 Å².